The molecule has 8 nitrogen and oxygen atoms in total. The van der Waals surface area contributed by atoms with Crippen molar-refractivity contribution in [3.63, 3.8) is 0 Å². The molecule has 0 spiro atoms. The van der Waals surface area contributed by atoms with E-state index in [0.717, 1.165) is 11.3 Å². The Morgan fingerprint density at radius 3 is 2.59 bits per heavy atom. The Labute approximate surface area is 217 Å². The van der Waals surface area contributed by atoms with Gasteiger partial charge >= 0.3 is 0 Å². The van der Waals surface area contributed by atoms with Crippen molar-refractivity contribution in [2.75, 3.05) is 20.2 Å². The maximum atomic E-state index is 13.3. The number of benzene rings is 3. The summed E-state index contributed by atoms with van der Waals surface area (Å²) in [4.78, 5) is 15.6. The molecule has 0 saturated carbocycles. The molecule has 190 valence electrons. The lowest BCUT2D eigenvalue weighted by molar-refractivity contribution is -0.125. The number of aromatic nitrogens is 4. The minimum Gasteiger partial charge on any atom is -0.496 e. The second kappa shape index (κ2) is 11.3. The number of tetrazole rings is 1. The van der Waals surface area contributed by atoms with E-state index in [-0.39, 0.29) is 18.0 Å². The van der Waals surface area contributed by atoms with Gasteiger partial charge < -0.3 is 10.1 Å². The van der Waals surface area contributed by atoms with Gasteiger partial charge in [-0.05, 0) is 64.1 Å². The SMILES string of the molecule is COc1ccccc1CCNC(=O)[C@@H]1C[C@@H](n2cnnn2)CN1Cc1ccc(-c2ccccc2C)cc1. The number of nitrogens with zero attached hydrogens (tertiary/aromatic N) is 5. The molecule has 1 fully saturated rings. The highest BCUT2D eigenvalue weighted by molar-refractivity contribution is 5.82. The zero-order valence-corrected chi connectivity index (χ0v) is 21.2. The summed E-state index contributed by atoms with van der Waals surface area (Å²) >= 11 is 0. The Balaban J connectivity index is 1.27. The smallest absolute Gasteiger partial charge is 0.237 e. The van der Waals surface area contributed by atoms with Gasteiger partial charge in [0.15, 0.2) is 0 Å². The number of para-hydroxylation sites is 1. The molecule has 0 radical (unpaired) electrons. The van der Waals surface area contributed by atoms with Crippen molar-refractivity contribution in [2.45, 2.75) is 38.4 Å². The average molecular weight is 497 g/mol. The van der Waals surface area contributed by atoms with Gasteiger partial charge in [0, 0.05) is 19.6 Å². The predicted molar refractivity (Wildman–Crippen MR) is 142 cm³/mol. The van der Waals surface area contributed by atoms with Crippen LogP contribution in [0, 0.1) is 6.92 Å². The molecule has 0 bridgehead atoms. The van der Waals surface area contributed by atoms with Crippen LogP contribution < -0.4 is 10.1 Å². The van der Waals surface area contributed by atoms with Gasteiger partial charge in [0.2, 0.25) is 5.91 Å². The summed E-state index contributed by atoms with van der Waals surface area (Å²) in [5, 5.41) is 14.8. The summed E-state index contributed by atoms with van der Waals surface area (Å²) in [5.74, 6) is 0.870. The zero-order valence-electron chi connectivity index (χ0n) is 21.2. The summed E-state index contributed by atoms with van der Waals surface area (Å²) in [6, 6.07) is 24.7. The van der Waals surface area contributed by atoms with Crippen LogP contribution in [0.5, 0.6) is 5.75 Å². The van der Waals surface area contributed by atoms with Crippen molar-refractivity contribution in [3.05, 3.63) is 95.8 Å². The lowest BCUT2D eigenvalue weighted by Crippen LogP contribution is -2.43. The first kappa shape index (κ1) is 24.6. The molecule has 1 aliphatic heterocycles. The van der Waals surface area contributed by atoms with Gasteiger partial charge in [0.25, 0.3) is 0 Å². The standard InChI is InChI=1S/C29H32N6O2/c1-21-7-3-5-9-26(21)23-13-11-22(12-14-23)18-34-19-25(35-20-31-32-33-35)17-27(34)29(36)30-16-15-24-8-4-6-10-28(24)37-2/h3-14,20,25,27H,15-19H2,1-2H3,(H,30,36)/t25-,27+/m1/s1. The van der Waals surface area contributed by atoms with Crippen LogP contribution in [0.15, 0.2) is 79.1 Å². The second-order valence-corrected chi connectivity index (χ2v) is 9.49. The molecule has 1 N–H and O–H groups in total. The Morgan fingerprint density at radius 2 is 1.84 bits per heavy atom. The Bertz CT molecular complexity index is 1320. The van der Waals surface area contributed by atoms with Gasteiger partial charge in [-0.1, -0.05) is 66.7 Å². The lowest BCUT2D eigenvalue weighted by atomic mass is 9.99. The highest BCUT2D eigenvalue weighted by Gasteiger charge is 2.38. The first-order chi connectivity index (χ1) is 18.1. The molecule has 1 aliphatic rings. The predicted octanol–water partition coefficient (Wildman–Crippen LogP) is 3.83. The quantitative estimate of drug-likeness (QED) is 0.379. The number of aryl methyl sites for hydroxylation is 1. The number of carbonyl (C=O) groups excluding carboxylic acids is 1. The third-order valence-electron chi connectivity index (χ3n) is 7.10. The van der Waals surface area contributed by atoms with Gasteiger partial charge in [-0.25, -0.2) is 4.68 Å². The van der Waals surface area contributed by atoms with Crippen molar-refractivity contribution in [1.29, 1.82) is 0 Å². The van der Waals surface area contributed by atoms with E-state index in [2.05, 4.69) is 81.2 Å². The molecule has 4 aromatic rings. The highest BCUT2D eigenvalue weighted by Crippen LogP contribution is 2.29. The number of hydrogen-bond donors (Lipinski definition) is 1. The van der Waals surface area contributed by atoms with Crippen LogP contribution in [0.1, 0.15) is 29.2 Å². The fourth-order valence-electron chi connectivity index (χ4n) is 5.12. The fraction of sp³-hybridized carbons (Fsp3) is 0.310. The monoisotopic (exact) mass is 496 g/mol. The van der Waals surface area contributed by atoms with E-state index in [4.69, 9.17) is 4.74 Å². The van der Waals surface area contributed by atoms with Crippen LogP contribution in [-0.4, -0.2) is 57.3 Å². The topological polar surface area (TPSA) is 85.2 Å². The van der Waals surface area contributed by atoms with Crippen LogP contribution in [0.2, 0.25) is 0 Å². The van der Waals surface area contributed by atoms with E-state index < -0.39 is 0 Å². The summed E-state index contributed by atoms with van der Waals surface area (Å²) in [7, 11) is 1.67. The zero-order chi connectivity index (χ0) is 25.6. The number of hydrogen-bond acceptors (Lipinski definition) is 6. The van der Waals surface area contributed by atoms with E-state index in [1.807, 2.05) is 24.3 Å². The van der Waals surface area contributed by atoms with E-state index in [1.165, 1.54) is 22.3 Å². The van der Waals surface area contributed by atoms with Gasteiger partial charge in [0.1, 0.15) is 12.1 Å². The first-order valence-corrected chi connectivity index (χ1v) is 12.6. The van der Waals surface area contributed by atoms with Crippen molar-refractivity contribution < 1.29 is 9.53 Å². The normalized spacial score (nSPS) is 17.6. The van der Waals surface area contributed by atoms with Crippen molar-refractivity contribution >= 4 is 5.91 Å². The minimum atomic E-state index is -0.261. The molecule has 0 aliphatic carbocycles. The van der Waals surface area contributed by atoms with Crippen LogP contribution in [0.25, 0.3) is 11.1 Å². The van der Waals surface area contributed by atoms with E-state index in [1.54, 1.807) is 18.1 Å². The third-order valence-corrected chi connectivity index (χ3v) is 7.10. The molecular weight excluding hydrogens is 464 g/mol. The Hall–Kier alpha value is -4.04. The Morgan fingerprint density at radius 1 is 1.05 bits per heavy atom. The molecule has 37 heavy (non-hydrogen) atoms. The number of amides is 1. The molecule has 2 atom stereocenters. The summed E-state index contributed by atoms with van der Waals surface area (Å²) in [6.45, 7) is 4.06. The van der Waals surface area contributed by atoms with Crippen molar-refractivity contribution in [2.24, 2.45) is 0 Å². The van der Waals surface area contributed by atoms with E-state index in [9.17, 15) is 4.79 Å². The molecule has 5 rings (SSSR count). The van der Waals surface area contributed by atoms with Gasteiger partial charge in [0.05, 0.1) is 19.2 Å². The van der Waals surface area contributed by atoms with Crippen LogP contribution in [0.4, 0.5) is 0 Å². The Kier molecular flexibility index (Phi) is 7.56. The van der Waals surface area contributed by atoms with Gasteiger partial charge in [-0.2, -0.15) is 0 Å². The van der Waals surface area contributed by atoms with Crippen LogP contribution in [0.3, 0.4) is 0 Å². The number of nitrogens with one attached hydrogen (secondary N) is 1. The maximum Gasteiger partial charge on any atom is 0.237 e. The van der Waals surface area contributed by atoms with E-state index >= 15 is 0 Å². The van der Waals surface area contributed by atoms with E-state index in [0.29, 0.717) is 32.5 Å². The second-order valence-electron chi connectivity index (χ2n) is 9.49. The third kappa shape index (κ3) is 5.70. The van der Waals surface area contributed by atoms with Gasteiger partial charge in [-0.3, -0.25) is 9.69 Å². The van der Waals surface area contributed by atoms with Crippen LogP contribution in [-0.2, 0) is 17.8 Å². The van der Waals surface area contributed by atoms with Gasteiger partial charge in [-0.15, -0.1) is 5.10 Å². The van der Waals surface area contributed by atoms with Crippen molar-refractivity contribution in [3.8, 4) is 16.9 Å². The molecule has 3 aromatic carbocycles. The molecule has 1 saturated heterocycles. The minimum absolute atomic E-state index is 0.0296. The summed E-state index contributed by atoms with van der Waals surface area (Å²) in [5.41, 5.74) is 5.93. The molecule has 1 aromatic heterocycles. The largest absolute Gasteiger partial charge is 0.496 e. The maximum absolute atomic E-state index is 13.3. The molecule has 0 unspecified atom stereocenters. The fourth-order valence-corrected chi connectivity index (χ4v) is 5.12. The average Bonchev–Trinajstić information content (AvgIpc) is 3.60. The lowest BCUT2D eigenvalue weighted by Gasteiger charge is -2.23. The number of likely N-dealkylation sites (tertiary alicyclic amines) is 1. The first-order valence-electron chi connectivity index (χ1n) is 12.6. The molecular formula is C29H32N6O2. The summed E-state index contributed by atoms with van der Waals surface area (Å²) in [6.07, 6.45) is 2.99. The number of carbonyl (C=O) groups is 1. The number of ether oxygens (including phenoxy) is 1. The van der Waals surface area contributed by atoms with Crippen molar-refractivity contribution in [1.82, 2.24) is 30.4 Å². The molecule has 1 amide bonds. The number of rotatable bonds is 9. The molecule has 8 heteroatoms. The highest BCUT2D eigenvalue weighted by atomic mass is 16.5. The van der Waals surface area contributed by atoms with Crippen LogP contribution >= 0.6 is 0 Å². The summed E-state index contributed by atoms with van der Waals surface area (Å²) < 4.78 is 7.20. The molecule has 2 heterocycles. The number of methoxy groups -OCH3 is 1.